The normalized spacial score (nSPS) is 21.2. The molecular formula is C13H15ClN2O4S. The van der Waals surface area contributed by atoms with E-state index in [2.05, 4.69) is 11.6 Å². The number of aromatic carboxylic acids is 1. The van der Waals surface area contributed by atoms with Gasteiger partial charge in [0.15, 0.2) is 0 Å². The first-order valence-electron chi connectivity index (χ1n) is 6.43. The van der Waals surface area contributed by atoms with Crippen LogP contribution in [0.5, 0.6) is 0 Å². The van der Waals surface area contributed by atoms with Crippen molar-refractivity contribution in [2.24, 2.45) is 0 Å². The van der Waals surface area contributed by atoms with Crippen molar-refractivity contribution in [3.8, 4) is 0 Å². The number of nitro benzene ring substituents is 1. The van der Waals surface area contributed by atoms with Gasteiger partial charge in [0.05, 0.1) is 21.2 Å². The second kappa shape index (κ2) is 6.53. The third-order valence-electron chi connectivity index (χ3n) is 3.58. The number of benzene rings is 1. The maximum absolute atomic E-state index is 11.3. The van der Waals surface area contributed by atoms with E-state index in [-0.39, 0.29) is 28.0 Å². The lowest BCUT2D eigenvalue weighted by molar-refractivity contribution is -0.384. The molecule has 2 atom stereocenters. The molecule has 0 heterocycles. The highest BCUT2D eigenvalue weighted by Crippen LogP contribution is 2.35. The number of nitrogens with zero attached hydrogens (tertiary/aromatic N) is 1. The minimum atomic E-state index is -1.23. The maximum Gasteiger partial charge on any atom is 0.338 e. The molecule has 0 radical (unpaired) electrons. The first-order valence-corrected chi connectivity index (χ1v) is 8.09. The first kappa shape index (κ1) is 15.9. The number of hydrogen-bond acceptors (Lipinski definition) is 5. The Morgan fingerprint density at radius 1 is 1.52 bits per heavy atom. The van der Waals surface area contributed by atoms with E-state index in [1.807, 2.05) is 0 Å². The summed E-state index contributed by atoms with van der Waals surface area (Å²) in [6, 6.07) is 2.36. The van der Waals surface area contributed by atoms with E-state index in [0.717, 1.165) is 25.3 Å². The van der Waals surface area contributed by atoms with Crippen molar-refractivity contribution in [3.05, 3.63) is 32.8 Å². The van der Waals surface area contributed by atoms with Crippen LogP contribution in [-0.2, 0) is 0 Å². The highest BCUT2D eigenvalue weighted by Gasteiger charge is 2.27. The van der Waals surface area contributed by atoms with Crippen molar-refractivity contribution in [1.82, 2.24) is 0 Å². The van der Waals surface area contributed by atoms with Crippen LogP contribution < -0.4 is 5.32 Å². The van der Waals surface area contributed by atoms with Crippen LogP contribution in [0.3, 0.4) is 0 Å². The number of anilines is 1. The van der Waals surface area contributed by atoms with Crippen LogP contribution in [0.25, 0.3) is 0 Å². The fourth-order valence-corrected chi connectivity index (χ4v) is 3.57. The molecule has 6 nitrogen and oxygen atoms in total. The largest absolute Gasteiger partial charge is 0.478 e. The van der Waals surface area contributed by atoms with Crippen LogP contribution >= 0.6 is 23.4 Å². The number of thioether (sulfide) groups is 1. The summed E-state index contributed by atoms with van der Waals surface area (Å²) < 4.78 is 0. The molecule has 21 heavy (non-hydrogen) atoms. The van der Waals surface area contributed by atoms with Crippen LogP contribution in [0.1, 0.15) is 29.6 Å². The molecule has 1 aromatic carbocycles. The fraction of sp³-hybridized carbons (Fsp3) is 0.462. The molecular weight excluding hydrogens is 316 g/mol. The van der Waals surface area contributed by atoms with Crippen molar-refractivity contribution in [3.63, 3.8) is 0 Å². The molecule has 0 amide bonds. The molecule has 1 aliphatic carbocycles. The predicted molar refractivity (Wildman–Crippen MR) is 83.6 cm³/mol. The van der Waals surface area contributed by atoms with E-state index in [0.29, 0.717) is 5.25 Å². The van der Waals surface area contributed by atoms with Crippen molar-refractivity contribution in [2.45, 2.75) is 30.6 Å². The van der Waals surface area contributed by atoms with Crippen LogP contribution in [0, 0.1) is 10.1 Å². The Labute approximate surface area is 131 Å². The molecule has 8 heteroatoms. The zero-order valence-corrected chi connectivity index (χ0v) is 12.9. The molecule has 1 saturated carbocycles. The van der Waals surface area contributed by atoms with Gasteiger partial charge < -0.3 is 10.4 Å². The molecule has 0 bridgehead atoms. The summed E-state index contributed by atoms with van der Waals surface area (Å²) in [4.78, 5) is 21.5. The minimum Gasteiger partial charge on any atom is -0.478 e. The van der Waals surface area contributed by atoms with Gasteiger partial charge in [0.2, 0.25) is 0 Å². The quantitative estimate of drug-likeness (QED) is 0.632. The Morgan fingerprint density at radius 2 is 2.24 bits per heavy atom. The SMILES string of the molecule is CSC1CCC(Nc2c(Cl)cc([N+](=O)[O-])cc2C(=O)O)C1. The number of carboxylic acid groups (broad SMARTS) is 1. The van der Waals surface area contributed by atoms with E-state index >= 15 is 0 Å². The lowest BCUT2D eigenvalue weighted by Crippen LogP contribution is -2.18. The topological polar surface area (TPSA) is 92.5 Å². The van der Waals surface area contributed by atoms with Crippen LogP contribution in [0.4, 0.5) is 11.4 Å². The second-order valence-corrected chi connectivity index (χ2v) is 6.47. The Bertz CT molecular complexity index is 582. The zero-order chi connectivity index (χ0) is 15.6. The average molecular weight is 331 g/mol. The number of hydrogen-bond donors (Lipinski definition) is 2. The molecule has 0 saturated heterocycles. The van der Waals surface area contributed by atoms with E-state index < -0.39 is 10.9 Å². The van der Waals surface area contributed by atoms with E-state index in [1.54, 1.807) is 11.8 Å². The molecule has 1 fully saturated rings. The summed E-state index contributed by atoms with van der Waals surface area (Å²) in [5.41, 5.74) is -0.223. The number of non-ortho nitro benzene ring substituents is 1. The number of halogens is 1. The number of carbonyl (C=O) groups is 1. The fourth-order valence-electron chi connectivity index (χ4n) is 2.50. The predicted octanol–water partition coefficient (Wildman–Crippen LogP) is 3.64. The monoisotopic (exact) mass is 330 g/mol. The highest BCUT2D eigenvalue weighted by molar-refractivity contribution is 7.99. The van der Waals surface area contributed by atoms with Gasteiger partial charge in [-0.05, 0) is 25.5 Å². The summed E-state index contributed by atoms with van der Waals surface area (Å²) >= 11 is 7.83. The van der Waals surface area contributed by atoms with Gasteiger partial charge in [0, 0.05) is 23.4 Å². The van der Waals surface area contributed by atoms with E-state index in [9.17, 15) is 20.0 Å². The smallest absolute Gasteiger partial charge is 0.338 e. The van der Waals surface area contributed by atoms with Gasteiger partial charge in [-0.1, -0.05) is 11.6 Å². The summed E-state index contributed by atoms with van der Waals surface area (Å²) in [6.07, 6.45) is 4.96. The molecule has 0 aromatic heterocycles. The molecule has 2 N–H and O–H groups in total. The first-order chi connectivity index (χ1) is 9.92. The van der Waals surface area contributed by atoms with Crippen molar-refractivity contribution >= 4 is 40.7 Å². The second-order valence-electron chi connectivity index (χ2n) is 4.92. The molecule has 0 spiro atoms. The van der Waals surface area contributed by atoms with Crippen LogP contribution in [-0.4, -0.2) is 33.5 Å². The van der Waals surface area contributed by atoms with Gasteiger partial charge >= 0.3 is 5.97 Å². The van der Waals surface area contributed by atoms with Crippen molar-refractivity contribution in [2.75, 3.05) is 11.6 Å². The molecule has 2 rings (SSSR count). The number of carboxylic acids is 1. The molecule has 1 aromatic rings. The number of nitrogens with one attached hydrogen (secondary N) is 1. The Morgan fingerprint density at radius 3 is 2.76 bits per heavy atom. The maximum atomic E-state index is 11.3. The number of nitro groups is 1. The summed E-state index contributed by atoms with van der Waals surface area (Å²) in [7, 11) is 0. The minimum absolute atomic E-state index is 0.0641. The summed E-state index contributed by atoms with van der Waals surface area (Å²) in [5, 5.41) is 23.8. The van der Waals surface area contributed by atoms with Gasteiger partial charge in [0.25, 0.3) is 5.69 Å². The summed E-state index contributed by atoms with van der Waals surface area (Å²) in [6.45, 7) is 0. The van der Waals surface area contributed by atoms with E-state index in [1.165, 1.54) is 6.07 Å². The molecule has 1 aliphatic rings. The van der Waals surface area contributed by atoms with E-state index in [4.69, 9.17) is 11.6 Å². The van der Waals surface area contributed by atoms with Gasteiger partial charge in [0.1, 0.15) is 0 Å². The number of rotatable bonds is 5. The lowest BCUT2D eigenvalue weighted by atomic mass is 10.1. The third kappa shape index (κ3) is 3.59. The molecule has 2 unspecified atom stereocenters. The van der Waals surface area contributed by atoms with Gasteiger partial charge in [-0.3, -0.25) is 10.1 Å². The van der Waals surface area contributed by atoms with Crippen LogP contribution in [0.2, 0.25) is 5.02 Å². The molecule has 0 aliphatic heterocycles. The highest BCUT2D eigenvalue weighted by atomic mass is 35.5. The average Bonchev–Trinajstić information content (AvgIpc) is 2.88. The van der Waals surface area contributed by atoms with Crippen molar-refractivity contribution < 1.29 is 14.8 Å². The lowest BCUT2D eigenvalue weighted by Gasteiger charge is -2.17. The van der Waals surface area contributed by atoms with Crippen LogP contribution in [0.15, 0.2) is 12.1 Å². The van der Waals surface area contributed by atoms with Crippen molar-refractivity contribution in [1.29, 1.82) is 0 Å². The van der Waals surface area contributed by atoms with Gasteiger partial charge in [-0.2, -0.15) is 11.8 Å². The third-order valence-corrected chi connectivity index (χ3v) is 4.98. The Balaban J connectivity index is 2.30. The van der Waals surface area contributed by atoms with Gasteiger partial charge in [-0.25, -0.2) is 4.79 Å². The summed E-state index contributed by atoms with van der Waals surface area (Å²) in [5.74, 6) is -1.23. The Kier molecular flexibility index (Phi) is 4.95. The Hall–Kier alpha value is -1.47. The standard InChI is InChI=1S/C13H15ClN2O4S/c1-21-9-3-2-7(4-9)15-12-10(13(17)18)5-8(16(19)20)6-11(12)14/h5-7,9,15H,2-4H2,1H3,(H,17,18). The zero-order valence-electron chi connectivity index (χ0n) is 11.3. The molecule has 114 valence electrons. The van der Waals surface area contributed by atoms with Gasteiger partial charge in [-0.15, -0.1) is 0 Å².